The maximum absolute atomic E-state index is 12.9. The molecule has 2 aromatic carbocycles. The third-order valence-electron chi connectivity index (χ3n) is 3.30. The number of halogens is 1. The van der Waals surface area contributed by atoms with Crippen LogP contribution in [0, 0.1) is 5.82 Å². The van der Waals surface area contributed by atoms with E-state index in [9.17, 15) is 8.60 Å². The molecule has 112 valence electrons. The molecule has 0 N–H and O–H groups in total. The molecule has 2 atom stereocenters. The Morgan fingerprint density at radius 2 is 1.81 bits per heavy atom. The van der Waals surface area contributed by atoms with Crippen LogP contribution in [0.15, 0.2) is 48.5 Å². The fourth-order valence-corrected chi connectivity index (χ4v) is 3.34. The van der Waals surface area contributed by atoms with E-state index in [-0.39, 0.29) is 11.1 Å². The van der Waals surface area contributed by atoms with E-state index in [4.69, 9.17) is 4.74 Å². The molecule has 0 saturated heterocycles. The molecule has 0 spiro atoms. The molecule has 2 rings (SSSR count). The standard InChI is InChI=1S/C17H19FO2S/c1-3-20-17-7-5-4-6-15(17)12-21(19)13(2)14-8-10-16(18)11-9-14/h4-11,13H,3,12H2,1-2H3/t13-,21+/m0/s1. The Morgan fingerprint density at radius 1 is 1.14 bits per heavy atom. The molecule has 0 aliphatic carbocycles. The summed E-state index contributed by atoms with van der Waals surface area (Å²) >= 11 is 0. The van der Waals surface area contributed by atoms with E-state index in [1.807, 2.05) is 38.1 Å². The molecule has 0 aliphatic heterocycles. The van der Waals surface area contributed by atoms with Crippen LogP contribution in [0.4, 0.5) is 4.39 Å². The van der Waals surface area contributed by atoms with Gasteiger partial charge in [-0.25, -0.2) is 4.39 Å². The van der Waals surface area contributed by atoms with Gasteiger partial charge in [0, 0.05) is 16.4 Å². The van der Waals surface area contributed by atoms with Gasteiger partial charge in [-0.05, 0) is 37.6 Å². The van der Waals surface area contributed by atoms with Gasteiger partial charge in [0.15, 0.2) is 0 Å². The Morgan fingerprint density at radius 3 is 2.48 bits per heavy atom. The first-order valence-electron chi connectivity index (χ1n) is 6.95. The lowest BCUT2D eigenvalue weighted by Gasteiger charge is -2.14. The van der Waals surface area contributed by atoms with Gasteiger partial charge in [-0.3, -0.25) is 4.21 Å². The van der Waals surface area contributed by atoms with E-state index in [1.165, 1.54) is 12.1 Å². The van der Waals surface area contributed by atoms with Crippen LogP contribution in [-0.4, -0.2) is 10.8 Å². The fraction of sp³-hybridized carbons (Fsp3) is 0.294. The number of hydrogen-bond donors (Lipinski definition) is 0. The third-order valence-corrected chi connectivity index (χ3v) is 4.96. The molecule has 0 aliphatic rings. The van der Waals surface area contributed by atoms with Crippen molar-refractivity contribution in [2.24, 2.45) is 0 Å². The first kappa shape index (κ1) is 15.7. The number of para-hydroxylation sites is 1. The first-order valence-corrected chi connectivity index (χ1v) is 8.33. The van der Waals surface area contributed by atoms with E-state index in [1.54, 1.807) is 12.1 Å². The van der Waals surface area contributed by atoms with Crippen molar-refractivity contribution in [1.29, 1.82) is 0 Å². The molecule has 0 unspecified atom stereocenters. The monoisotopic (exact) mass is 306 g/mol. The van der Waals surface area contributed by atoms with Crippen molar-refractivity contribution in [3.63, 3.8) is 0 Å². The zero-order chi connectivity index (χ0) is 15.2. The second kappa shape index (κ2) is 7.36. The van der Waals surface area contributed by atoms with Crippen molar-refractivity contribution in [3.8, 4) is 5.75 Å². The van der Waals surface area contributed by atoms with Gasteiger partial charge in [0.25, 0.3) is 0 Å². The average molecular weight is 306 g/mol. The number of hydrogen-bond acceptors (Lipinski definition) is 2. The largest absolute Gasteiger partial charge is 0.494 e. The minimum Gasteiger partial charge on any atom is -0.494 e. The van der Waals surface area contributed by atoms with Crippen LogP contribution < -0.4 is 4.74 Å². The Kier molecular flexibility index (Phi) is 5.51. The predicted octanol–water partition coefficient (Wildman–Crippen LogP) is 4.23. The summed E-state index contributed by atoms with van der Waals surface area (Å²) < 4.78 is 31.0. The van der Waals surface area contributed by atoms with Gasteiger partial charge in [-0.2, -0.15) is 0 Å². The maximum Gasteiger partial charge on any atom is 0.123 e. The molecule has 0 heterocycles. The van der Waals surface area contributed by atoms with Crippen molar-refractivity contribution in [2.75, 3.05) is 6.61 Å². The summed E-state index contributed by atoms with van der Waals surface area (Å²) in [7, 11) is -1.09. The molecular weight excluding hydrogens is 287 g/mol. The van der Waals surface area contributed by atoms with E-state index >= 15 is 0 Å². The molecule has 2 nitrogen and oxygen atoms in total. The van der Waals surface area contributed by atoms with Crippen molar-refractivity contribution < 1.29 is 13.3 Å². The van der Waals surface area contributed by atoms with Crippen LogP contribution in [0.2, 0.25) is 0 Å². The highest BCUT2D eigenvalue weighted by Crippen LogP contribution is 2.26. The van der Waals surface area contributed by atoms with E-state index in [0.29, 0.717) is 12.4 Å². The lowest BCUT2D eigenvalue weighted by molar-refractivity contribution is 0.337. The lowest BCUT2D eigenvalue weighted by Crippen LogP contribution is -2.07. The molecule has 2 aromatic rings. The van der Waals surface area contributed by atoms with Crippen molar-refractivity contribution >= 4 is 10.8 Å². The minimum absolute atomic E-state index is 0.153. The van der Waals surface area contributed by atoms with Crippen LogP contribution in [0.1, 0.15) is 30.2 Å². The van der Waals surface area contributed by atoms with Crippen LogP contribution in [0.25, 0.3) is 0 Å². The van der Waals surface area contributed by atoms with Crippen LogP contribution >= 0.6 is 0 Å². The highest BCUT2D eigenvalue weighted by Gasteiger charge is 2.16. The molecule has 0 amide bonds. The zero-order valence-electron chi connectivity index (χ0n) is 12.2. The maximum atomic E-state index is 12.9. The molecule has 0 bridgehead atoms. The quantitative estimate of drug-likeness (QED) is 0.798. The summed E-state index contributed by atoms with van der Waals surface area (Å²) in [6.45, 7) is 4.40. The van der Waals surface area contributed by atoms with Gasteiger partial charge in [-0.1, -0.05) is 30.3 Å². The smallest absolute Gasteiger partial charge is 0.123 e. The summed E-state index contributed by atoms with van der Waals surface area (Å²) in [6, 6.07) is 13.8. The Bertz CT molecular complexity index is 610. The van der Waals surface area contributed by atoms with Gasteiger partial charge in [0.2, 0.25) is 0 Å². The molecule has 0 radical (unpaired) electrons. The third kappa shape index (κ3) is 4.14. The van der Waals surface area contributed by atoms with Crippen molar-refractivity contribution in [2.45, 2.75) is 24.9 Å². The molecule has 0 aromatic heterocycles. The SMILES string of the molecule is CCOc1ccccc1C[S@@](=O)[C@@H](C)c1ccc(F)cc1. The number of ether oxygens (including phenoxy) is 1. The van der Waals surface area contributed by atoms with Gasteiger partial charge < -0.3 is 4.74 Å². The second-order valence-electron chi connectivity index (χ2n) is 4.76. The molecule has 21 heavy (non-hydrogen) atoms. The normalized spacial score (nSPS) is 13.7. The summed E-state index contributed by atoms with van der Waals surface area (Å²) in [4.78, 5) is 0. The fourth-order valence-electron chi connectivity index (χ4n) is 2.08. The lowest BCUT2D eigenvalue weighted by atomic mass is 10.2. The van der Waals surface area contributed by atoms with Gasteiger partial charge in [0.05, 0.1) is 17.6 Å². The molecule has 0 fully saturated rings. The van der Waals surface area contributed by atoms with Crippen molar-refractivity contribution in [1.82, 2.24) is 0 Å². The van der Waals surface area contributed by atoms with Gasteiger partial charge in [0.1, 0.15) is 11.6 Å². The van der Waals surface area contributed by atoms with E-state index in [0.717, 1.165) is 16.9 Å². The number of benzene rings is 2. The van der Waals surface area contributed by atoms with E-state index in [2.05, 4.69) is 0 Å². The average Bonchev–Trinajstić information content (AvgIpc) is 2.49. The van der Waals surface area contributed by atoms with Gasteiger partial charge in [-0.15, -0.1) is 0 Å². The highest BCUT2D eigenvalue weighted by molar-refractivity contribution is 7.84. The minimum atomic E-state index is -1.09. The summed E-state index contributed by atoms with van der Waals surface area (Å²) in [5.41, 5.74) is 1.82. The summed E-state index contributed by atoms with van der Waals surface area (Å²) in [6.07, 6.45) is 0. The Labute approximate surface area is 127 Å². The molecule has 4 heteroatoms. The topological polar surface area (TPSA) is 26.3 Å². The Balaban J connectivity index is 2.12. The second-order valence-corrected chi connectivity index (χ2v) is 6.52. The summed E-state index contributed by atoms with van der Waals surface area (Å²) in [5.74, 6) is 0.924. The predicted molar refractivity (Wildman–Crippen MR) is 84.3 cm³/mol. The van der Waals surface area contributed by atoms with Crippen LogP contribution in [-0.2, 0) is 16.6 Å². The Hall–Kier alpha value is -1.68. The summed E-state index contributed by atoms with van der Waals surface area (Å²) in [5, 5.41) is -0.153. The first-order chi connectivity index (χ1) is 10.1. The molecular formula is C17H19FO2S. The van der Waals surface area contributed by atoms with Crippen molar-refractivity contribution in [3.05, 3.63) is 65.5 Å². The van der Waals surface area contributed by atoms with Gasteiger partial charge >= 0.3 is 0 Å². The zero-order valence-corrected chi connectivity index (χ0v) is 13.0. The number of rotatable bonds is 6. The molecule has 0 saturated carbocycles. The van der Waals surface area contributed by atoms with Crippen LogP contribution in [0.3, 0.4) is 0 Å². The van der Waals surface area contributed by atoms with E-state index < -0.39 is 10.8 Å². The highest BCUT2D eigenvalue weighted by atomic mass is 32.2. The van der Waals surface area contributed by atoms with Crippen LogP contribution in [0.5, 0.6) is 5.75 Å².